The van der Waals surface area contributed by atoms with Gasteiger partial charge in [0.2, 0.25) is 5.91 Å². The van der Waals surface area contributed by atoms with Crippen LogP contribution in [0.4, 0.5) is 0 Å². The Morgan fingerprint density at radius 3 is 3.00 bits per heavy atom. The van der Waals surface area contributed by atoms with Crippen molar-refractivity contribution in [3.63, 3.8) is 0 Å². The highest BCUT2D eigenvalue weighted by atomic mass is 79.9. The van der Waals surface area contributed by atoms with Gasteiger partial charge in [-0.3, -0.25) is 4.79 Å². The van der Waals surface area contributed by atoms with E-state index in [-0.39, 0.29) is 5.91 Å². The summed E-state index contributed by atoms with van der Waals surface area (Å²) >= 11 is 5.21. The first-order valence-electron chi connectivity index (χ1n) is 6.84. The second-order valence-corrected chi connectivity index (χ2v) is 7.50. The van der Waals surface area contributed by atoms with Crippen LogP contribution in [0, 0.1) is 5.92 Å². The number of carbonyl (C=O) groups excluding carboxylic acids is 1. The van der Waals surface area contributed by atoms with Crippen LogP contribution in [0.25, 0.3) is 0 Å². The lowest BCUT2D eigenvalue weighted by molar-refractivity contribution is -0.132. The summed E-state index contributed by atoms with van der Waals surface area (Å²) in [5, 5.41) is 5.80. The number of halogens is 1. The van der Waals surface area contributed by atoms with E-state index in [1.54, 1.807) is 11.3 Å². The molecule has 1 amide bonds. The number of thiophene rings is 1. The first-order chi connectivity index (χ1) is 9.10. The van der Waals surface area contributed by atoms with Crippen LogP contribution >= 0.6 is 27.3 Å². The molecular weight excluding hydrogens is 324 g/mol. The van der Waals surface area contributed by atoms with Crippen LogP contribution < -0.4 is 5.32 Å². The predicted molar refractivity (Wildman–Crippen MR) is 83.3 cm³/mol. The summed E-state index contributed by atoms with van der Waals surface area (Å²) < 4.78 is 1.18. The number of piperidine rings is 1. The zero-order valence-corrected chi connectivity index (χ0v) is 13.9. The molecule has 2 rings (SSSR count). The van der Waals surface area contributed by atoms with E-state index >= 15 is 0 Å². The molecule has 0 saturated carbocycles. The molecule has 1 N–H and O–H groups in total. The number of nitrogens with zero attached hydrogens (tertiary/aromatic N) is 1. The second-order valence-electron chi connectivity index (χ2n) is 5.21. The van der Waals surface area contributed by atoms with Crippen molar-refractivity contribution in [2.24, 2.45) is 5.92 Å². The number of amides is 1. The Hall–Kier alpha value is -0.390. The van der Waals surface area contributed by atoms with Crippen LogP contribution in [-0.4, -0.2) is 29.9 Å². The minimum absolute atomic E-state index is 0.284. The third-order valence-electron chi connectivity index (χ3n) is 3.75. The number of hydrogen-bond acceptors (Lipinski definition) is 3. The predicted octanol–water partition coefficient (Wildman–Crippen LogP) is 3.25. The minimum atomic E-state index is 0.284. The quantitative estimate of drug-likeness (QED) is 0.909. The minimum Gasteiger partial charge on any atom is -0.342 e. The van der Waals surface area contributed by atoms with Crippen molar-refractivity contribution >= 4 is 33.2 Å². The fraction of sp³-hybridized carbons (Fsp3) is 0.643. The highest BCUT2D eigenvalue weighted by Gasteiger charge is 2.27. The van der Waals surface area contributed by atoms with Crippen LogP contribution in [-0.2, 0) is 11.3 Å². The van der Waals surface area contributed by atoms with Gasteiger partial charge in [0.1, 0.15) is 0 Å². The fourth-order valence-corrected chi connectivity index (χ4v) is 3.80. The number of nitrogens with one attached hydrogen (secondary N) is 1. The van der Waals surface area contributed by atoms with E-state index in [9.17, 15) is 4.79 Å². The molecule has 19 heavy (non-hydrogen) atoms. The smallest absolute Gasteiger partial charge is 0.222 e. The summed E-state index contributed by atoms with van der Waals surface area (Å²) in [5.74, 6) is 0.804. The normalized spacial score (nSPS) is 23.6. The zero-order valence-electron chi connectivity index (χ0n) is 11.5. The Labute approximate surface area is 127 Å². The Morgan fingerprint density at radius 1 is 1.63 bits per heavy atom. The summed E-state index contributed by atoms with van der Waals surface area (Å²) in [5.41, 5.74) is 1.33. The Morgan fingerprint density at radius 2 is 2.42 bits per heavy atom. The molecule has 1 aliphatic heterocycles. The average Bonchev–Trinajstić information content (AvgIpc) is 2.82. The van der Waals surface area contributed by atoms with Crippen molar-refractivity contribution in [2.45, 2.75) is 39.3 Å². The van der Waals surface area contributed by atoms with Gasteiger partial charge in [0.25, 0.3) is 0 Å². The molecule has 5 heteroatoms. The fourth-order valence-electron chi connectivity index (χ4n) is 2.59. The molecule has 1 aromatic heterocycles. The van der Waals surface area contributed by atoms with Gasteiger partial charge >= 0.3 is 0 Å². The van der Waals surface area contributed by atoms with Gasteiger partial charge in [-0.25, -0.2) is 0 Å². The molecule has 0 radical (unpaired) electrons. The van der Waals surface area contributed by atoms with Crippen LogP contribution in [0.5, 0.6) is 0 Å². The monoisotopic (exact) mass is 344 g/mol. The largest absolute Gasteiger partial charge is 0.342 e. The van der Waals surface area contributed by atoms with Gasteiger partial charge in [0, 0.05) is 32.1 Å². The lowest BCUT2D eigenvalue weighted by Gasteiger charge is -2.37. The topological polar surface area (TPSA) is 32.3 Å². The van der Waals surface area contributed by atoms with E-state index in [2.05, 4.69) is 39.6 Å². The van der Waals surface area contributed by atoms with Crippen molar-refractivity contribution in [1.29, 1.82) is 0 Å². The molecule has 2 heterocycles. The average molecular weight is 345 g/mol. The van der Waals surface area contributed by atoms with Crippen LogP contribution in [0.2, 0.25) is 0 Å². The van der Waals surface area contributed by atoms with E-state index in [0.29, 0.717) is 18.4 Å². The SMILES string of the molecule is CCC(=O)N1CC[C@@H](NCc2csc(Br)c2)[C@H](C)C1. The van der Waals surface area contributed by atoms with Crippen molar-refractivity contribution < 1.29 is 4.79 Å². The molecule has 1 saturated heterocycles. The maximum Gasteiger partial charge on any atom is 0.222 e. The molecule has 0 aromatic carbocycles. The molecule has 0 aliphatic carbocycles. The number of likely N-dealkylation sites (tertiary alicyclic amines) is 1. The molecule has 0 bridgehead atoms. The third-order valence-corrected chi connectivity index (χ3v) is 5.30. The van der Waals surface area contributed by atoms with Gasteiger partial charge in [-0.1, -0.05) is 13.8 Å². The van der Waals surface area contributed by atoms with Crippen molar-refractivity contribution in [3.8, 4) is 0 Å². The van der Waals surface area contributed by atoms with Gasteiger partial charge in [0.15, 0.2) is 0 Å². The highest BCUT2D eigenvalue weighted by molar-refractivity contribution is 9.11. The molecule has 0 spiro atoms. The maximum absolute atomic E-state index is 11.7. The molecule has 1 aliphatic rings. The lowest BCUT2D eigenvalue weighted by Crippen LogP contribution is -2.49. The summed E-state index contributed by atoms with van der Waals surface area (Å²) in [6.07, 6.45) is 1.67. The van der Waals surface area contributed by atoms with Gasteiger partial charge in [-0.15, -0.1) is 11.3 Å². The Balaban J connectivity index is 1.81. The molecule has 106 valence electrons. The van der Waals surface area contributed by atoms with Gasteiger partial charge in [0.05, 0.1) is 3.79 Å². The Kier molecular flexibility index (Phi) is 5.42. The molecule has 1 aromatic rings. The van der Waals surface area contributed by atoms with Crippen LogP contribution in [0.3, 0.4) is 0 Å². The van der Waals surface area contributed by atoms with Gasteiger partial charge < -0.3 is 10.2 Å². The summed E-state index contributed by atoms with van der Waals surface area (Å²) in [7, 11) is 0. The standard InChI is InChI=1S/C14H21BrN2OS/c1-3-14(18)17-5-4-12(10(2)8-17)16-7-11-6-13(15)19-9-11/h6,9-10,12,16H,3-5,7-8H2,1-2H3/t10-,12-/m1/s1. The summed E-state index contributed by atoms with van der Waals surface area (Å²) in [6, 6.07) is 2.68. The summed E-state index contributed by atoms with van der Waals surface area (Å²) in [4.78, 5) is 13.7. The van der Waals surface area contributed by atoms with Gasteiger partial charge in [-0.2, -0.15) is 0 Å². The number of carbonyl (C=O) groups is 1. The molecule has 1 fully saturated rings. The van der Waals surface area contributed by atoms with E-state index in [1.165, 1.54) is 9.35 Å². The van der Waals surface area contributed by atoms with E-state index in [1.807, 2.05) is 11.8 Å². The zero-order chi connectivity index (χ0) is 13.8. The first kappa shape index (κ1) is 15.0. The number of hydrogen-bond donors (Lipinski definition) is 1. The molecule has 0 unspecified atom stereocenters. The maximum atomic E-state index is 11.7. The highest BCUT2D eigenvalue weighted by Crippen LogP contribution is 2.22. The molecule has 3 nitrogen and oxygen atoms in total. The van der Waals surface area contributed by atoms with Crippen LogP contribution in [0.15, 0.2) is 15.2 Å². The van der Waals surface area contributed by atoms with E-state index in [0.717, 1.165) is 26.1 Å². The van der Waals surface area contributed by atoms with E-state index < -0.39 is 0 Å². The van der Waals surface area contributed by atoms with E-state index in [4.69, 9.17) is 0 Å². The lowest BCUT2D eigenvalue weighted by atomic mass is 9.93. The van der Waals surface area contributed by atoms with Crippen molar-refractivity contribution in [3.05, 3.63) is 20.8 Å². The van der Waals surface area contributed by atoms with Crippen molar-refractivity contribution in [1.82, 2.24) is 10.2 Å². The third kappa shape index (κ3) is 4.04. The van der Waals surface area contributed by atoms with Crippen molar-refractivity contribution in [2.75, 3.05) is 13.1 Å². The second kappa shape index (κ2) is 6.86. The summed E-state index contributed by atoms with van der Waals surface area (Å²) in [6.45, 7) is 6.86. The number of rotatable bonds is 4. The molecule has 2 atom stereocenters. The first-order valence-corrected chi connectivity index (χ1v) is 8.51. The molecular formula is C14H21BrN2OS. The Bertz CT molecular complexity index is 435. The van der Waals surface area contributed by atoms with Crippen LogP contribution in [0.1, 0.15) is 32.3 Å². The van der Waals surface area contributed by atoms with Gasteiger partial charge in [-0.05, 0) is 45.3 Å².